The molecule has 0 N–H and O–H groups in total. The first-order valence-electron chi connectivity index (χ1n) is 4.21. The van der Waals surface area contributed by atoms with Gasteiger partial charge < -0.3 is 9.47 Å². The van der Waals surface area contributed by atoms with E-state index in [9.17, 15) is 4.79 Å². The van der Waals surface area contributed by atoms with Gasteiger partial charge in [-0.2, -0.15) is 0 Å². The molecule has 3 nitrogen and oxygen atoms in total. The molecule has 1 aliphatic rings. The largest absolute Gasteiger partial charge is 0.467 e. The Balaban J connectivity index is 2.13. The molecule has 2 rings (SSSR count). The molecule has 0 spiro atoms. The number of carbonyl (C=O) groups excluding carboxylic acids is 1. The topological polar surface area (TPSA) is 38.8 Å². The summed E-state index contributed by atoms with van der Waals surface area (Å²) in [4.78, 5) is 11.1. The van der Waals surface area contributed by atoms with E-state index in [2.05, 4.69) is 20.7 Å². The van der Waals surface area contributed by atoms with E-state index < -0.39 is 6.10 Å². The molecule has 1 saturated heterocycles. The monoisotopic (exact) mass is 256 g/mol. The van der Waals surface area contributed by atoms with Crippen LogP contribution in [0.1, 0.15) is 11.7 Å². The van der Waals surface area contributed by atoms with Crippen molar-refractivity contribution in [2.24, 2.45) is 0 Å². The standard InChI is InChI=1S/C10H9BrO3/c1-13-10(12)9-8(14-9)6-4-2-3-5-7(6)11/h2-5,8-9H,1H3/t8-,9+/m0/s1. The zero-order valence-electron chi connectivity index (χ0n) is 7.57. The summed E-state index contributed by atoms with van der Waals surface area (Å²) in [5.41, 5.74) is 0.989. The molecule has 1 aromatic carbocycles. The van der Waals surface area contributed by atoms with Crippen LogP contribution in [-0.4, -0.2) is 19.2 Å². The van der Waals surface area contributed by atoms with Gasteiger partial charge in [-0.1, -0.05) is 34.1 Å². The lowest BCUT2D eigenvalue weighted by Gasteiger charge is -1.98. The molecule has 0 saturated carbocycles. The van der Waals surface area contributed by atoms with E-state index in [0.29, 0.717) is 0 Å². The van der Waals surface area contributed by atoms with Crippen LogP contribution >= 0.6 is 15.9 Å². The van der Waals surface area contributed by atoms with Crippen LogP contribution in [0, 0.1) is 0 Å². The number of hydrogen-bond donors (Lipinski definition) is 0. The maximum absolute atomic E-state index is 11.1. The summed E-state index contributed by atoms with van der Waals surface area (Å²) in [6.07, 6.45) is -0.586. The lowest BCUT2D eigenvalue weighted by atomic mass is 10.1. The third kappa shape index (κ3) is 1.67. The van der Waals surface area contributed by atoms with Crippen LogP contribution < -0.4 is 0 Å². The van der Waals surface area contributed by atoms with Crippen molar-refractivity contribution in [3.05, 3.63) is 34.3 Å². The summed E-state index contributed by atoms with van der Waals surface area (Å²) in [6, 6.07) is 7.68. The Hall–Kier alpha value is -0.870. The summed E-state index contributed by atoms with van der Waals surface area (Å²) in [5.74, 6) is -0.314. The van der Waals surface area contributed by atoms with Crippen molar-refractivity contribution in [3.63, 3.8) is 0 Å². The zero-order chi connectivity index (χ0) is 10.1. The Morgan fingerprint density at radius 3 is 2.86 bits per heavy atom. The maximum atomic E-state index is 11.1. The SMILES string of the molecule is COC(=O)[C@@H]1O[C@H]1c1ccccc1Br. The van der Waals surface area contributed by atoms with Crippen molar-refractivity contribution in [2.75, 3.05) is 7.11 Å². The first-order valence-corrected chi connectivity index (χ1v) is 5.01. The van der Waals surface area contributed by atoms with Crippen molar-refractivity contribution in [1.29, 1.82) is 0 Å². The number of ether oxygens (including phenoxy) is 2. The van der Waals surface area contributed by atoms with Gasteiger partial charge in [0, 0.05) is 4.47 Å². The van der Waals surface area contributed by atoms with Gasteiger partial charge in [0.15, 0.2) is 6.10 Å². The van der Waals surface area contributed by atoms with Crippen LogP contribution in [0.3, 0.4) is 0 Å². The minimum atomic E-state index is -0.432. The number of esters is 1. The number of halogens is 1. The fourth-order valence-corrected chi connectivity index (χ4v) is 1.86. The Kier molecular flexibility index (Phi) is 2.56. The molecule has 1 aliphatic heterocycles. The second-order valence-corrected chi connectivity index (χ2v) is 3.88. The number of hydrogen-bond acceptors (Lipinski definition) is 3. The lowest BCUT2D eigenvalue weighted by Crippen LogP contribution is -2.09. The van der Waals surface area contributed by atoms with Crippen molar-refractivity contribution < 1.29 is 14.3 Å². The average Bonchev–Trinajstić information content (AvgIpc) is 2.97. The highest BCUT2D eigenvalue weighted by atomic mass is 79.9. The molecule has 1 heterocycles. The number of carbonyl (C=O) groups is 1. The number of benzene rings is 1. The summed E-state index contributed by atoms with van der Waals surface area (Å²) in [6.45, 7) is 0. The summed E-state index contributed by atoms with van der Waals surface area (Å²) in [7, 11) is 1.36. The van der Waals surface area contributed by atoms with Crippen LogP contribution in [0.15, 0.2) is 28.7 Å². The molecule has 1 fully saturated rings. The fraction of sp³-hybridized carbons (Fsp3) is 0.300. The first-order chi connectivity index (χ1) is 6.74. The van der Waals surface area contributed by atoms with Crippen LogP contribution in [0.2, 0.25) is 0 Å². The van der Waals surface area contributed by atoms with Crippen molar-refractivity contribution in [1.82, 2.24) is 0 Å². The predicted octanol–water partition coefficient (Wildman–Crippen LogP) is 2.06. The van der Waals surface area contributed by atoms with E-state index in [1.165, 1.54) is 7.11 Å². The number of methoxy groups -OCH3 is 1. The highest BCUT2D eigenvalue weighted by molar-refractivity contribution is 9.10. The highest BCUT2D eigenvalue weighted by Gasteiger charge is 2.47. The average molecular weight is 257 g/mol. The molecule has 0 radical (unpaired) electrons. The minimum absolute atomic E-state index is 0.155. The zero-order valence-corrected chi connectivity index (χ0v) is 9.15. The van der Waals surface area contributed by atoms with Crippen LogP contribution in [-0.2, 0) is 14.3 Å². The molecule has 1 aromatic rings. The molecule has 2 atom stereocenters. The van der Waals surface area contributed by atoms with Crippen molar-refractivity contribution >= 4 is 21.9 Å². The number of epoxide rings is 1. The Morgan fingerprint density at radius 1 is 1.50 bits per heavy atom. The van der Waals surface area contributed by atoms with Crippen LogP contribution in [0.4, 0.5) is 0 Å². The van der Waals surface area contributed by atoms with E-state index in [-0.39, 0.29) is 12.1 Å². The van der Waals surface area contributed by atoms with Gasteiger partial charge in [-0.25, -0.2) is 4.79 Å². The molecular weight excluding hydrogens is 248 g/mol. The molecule has 0 unspecified atom stereocenters. The van der Waals surface area contributed by atoms with Gasteiger partial charge in [0.25, 0.3) is 0 Å². The molecule has 0 aliphatic carbocycles. The molecule has 0 amide bonds. The maximum Gasteiger partial charge on any atom is 0.338 e. The predicted molar refractivity (Wildman–Crippen MR) is 53.8 cm³/mol. The van der Waals surface area contributed by atoms with Gasteiger partial charge in [0.1, 0.15) is 6.10 Å². The van der Waals surface area contributed by atoms with Crippen LogP contribution in [0.25, 0.3) is 0 Å². The quantitative estimate of drug-likeness (QED) is 0.601. The summed E-state index contributed by atoms with van der Waals surface area (Å²) < 4.78 is 10.8. The van der Waals surface area contributed by atoms with Gasteiger partial charge in [0.05, 0.1) is 7.11 Å². The van der Waals surface area contributed by atoms with Crippen molar-refractivity contribution in [3.8, 4) is 0 Å². The van der Waals surface area contributed by atoms with Gasteiger partial charge in [0.2, 0.25) is 0 Å². The fourth-order valence-electron chi connectivity index (χ4n) is 1.35. The van der Waals surface area contributed by atoms with Gasteiger partial charge in [-0.15, -0.1) is 0 Å². The molecule has 4 heteroatoms. The third-order valence-electron chi connectivity index (χ3n) is 2.14. The molecule has 0 aromatic heterocycles. The van der Waals surface area contributed by atoms with E-state index in [1.807, 2.05) is 24.3 Å². The Labute approximate surface area is 90.1 Å². The molecule has 0 bridgehead atoms. The molecule has 14 heavy (non-hydrogen) atoms. The normalized spacial score (nSPS) is 24.4. The molecule has 74 valence electrons. The van der Waals surface area contributed by atoms with Gasteiger partial charge in [-0.3, -0.25) is 0 Å². The van der Waals surface area contributed by atoms with E-state index >= 15 is 0 Å². The lowest BCUT2D eigenvalue weighted by molar-refractivity contribution is -0.142. The van der Waals surface area contributed by atoms with E-state index in [0.717, 1.165) is 10.0 Å². The third-order valence-corrected chi connectivity index (χ3v) is 2.86. The van der Waals surface area contributed by atoms with Crippen molar-refractivity contribution in [2.45, 2.75) is 12.2 Å². The Morgan fingerprint density at radius 2 is 2.21 bits per heavy atom. The Bertz CT molecular complexity index is 364. The van der Waals surface area contributed by atoms with Crippen LogP contribution in [0.5, 0.6) is 0 Å². The highest BCUT2D eigenvalue weighted by Crippen LogP contribution is 2.42. The summed E-state index contributed by atoms with van der Waals surface area (Å²) >= 11 is 3.40. The number of rotatable bonds is 2. The minimum Gasteiger partial charge on any atom is -0.467 e. The van der Waals surface area contributed by atoms with Gasteiger partial charge >= 0.3 is 5.97 Å². The smallest absolute Gasteiger partial charge is 0.338 e. The first kappa shape index (κ1) is 9.68. The van der Waals surface area contributed by atoms with E-state index in [1.54, 1.807) is 0 Å². The van der Waals surface area contributed by atoms with Gasteiger partial charge in [-0.05, 0) is 11.6 Å². The summed E-state index contributed by atoms with van der Waals surface area (Å²) in [5, 5.41) is 0. The second-order valence-electron chi connectivity index (χ2n) is 3.02. The molecular formula is C10H9BrO3. The second kappa shape index (κ2) is 3.71. The van der Waals surface area contributed by atoms with E-state index in [4.69, 9.17) is 4.74 Å².